The first-order valence-electron chi connectivity index (χ1n) is 3.84. The van der Waals surface area contributed by atoms with E-state index in [4.69, 9.17) is 0 Å². The lowest BCUT2D eigenvalue weighted by Gasteiger charge is -1.98. The molecule has 2 aromatic rings. The minimum Gasteiger partial charge on any atom is -0.305 e. The Labute approximate surface area is 75.6 Å². The van der Waals surface area contributed by atoms with Gasteiger partial charge in [-0.15, -0.1) is 0 Å². The fourth-order valence-corrected chi connectivity index (χ4v) is 1.05. The Morgan fingerprint density at radius 2 is 1.92 bits per heavy atom. The molecule has 0 saturated heterocycles. The maximum absolute atomic E-state index is 4.12. The lowest BCUT2D eigenvalue weighted by Crippen LogP contribution is -1.94. The molecule has 0 aliphatic heterocycles. The summed E-state index contributed by atoms with van der Waals surface area (Å²) < 4.78 is 1.77. The quantitative estimate of drug-likeness (QED) is 0.688. The van der Waals surface area contributed by atoms with E-state index in [1.54, 1.807) is 41.6 Å². The van der Waals surface area contributed by atoms with Crippen molar-refractivity contribution in [1.82, 2.24) is 19.5 Å². The summed E-state index contributed by atoms with van der Waals surface area (Å²) in [5, 5.41) is 0. The molecule has 4 nitrogen and oxygen atoms in total. The molecule has 0 saturated carbocycles. The molecule has 0 spiro atoms. The van der Waals surface area contributed by atoms with Gasteiger partial charge in [0.25, 0.3) is 0 Å². The molecule has 4 heteroatoms. The van der Waals surface area contributed by atoms with E-state index in [9.17, 15) is 0 Å². The molecule has 0 aliphatic carbocycles. The fraction of sp³-hybridized carbons (Fsp3) is 0. The van der Waals surface area contributed by atoms with Crippen LogP contribution in [-0.4, -0.2) is 19.5 Å². The second-order valence-corrected chi connectivity index (χ2v) is 2.41. The van der Waals surface area contributed by atoms with Gasteiger partial charge >= 0.3 is 0 Å². The van der Waals surface area contributed by atoms with Crippen molar-refractivity contribution < 1.29 is 0 Å². The number of nitrogens with zero attached hydrogens (tertiary/aromatic N) is 4. The molecule has 0 aromatic carbocycles. The molecule has 2 heterocycles. The van der Waals surface area contributed by atoms with E-state index >= 15 is 0 Å². The third-order valence-electron chi connectivity index (χ3n) is 1.63. The van der Waals surface area contributed by atoms with Crippen molar-refractivity contribution >= 4 is 6.20 Å². The average molecular weight is 172 g/mol. The summed E-state index contributed by atoms with van der Waals surface area (Å²) in [5.41, 5.74) is 0. The lowest BCUT2D eigenvalue weighted by molar-refractivity contribution is 1.07. The van der Waals surface area contributed by atoms with E-state index in [1.807, 2.05) is 0 Å². The lowest BCUT2D eigenvalue weighted by atomic mass is 10.5. The minimum atomic E-state index is 0.604. The van der Waals surface area contributed by atoms with Crippen LogP contribution in [0.15, 0.2) is 37.4 Å². The summed E-state index contributed by atoms with van der Waals surface area (Å²) in [4.78, 5) is 12.3. The van der Waals surface area contributed by atoms with Crippen molar-refractivity contribution in [2.75, 3.05) is 0 Å². The largest absolute Gasteiger partial charge is 0.305 e. The summed E-state index contributed by atoms with van der Waals surface area (Å²) in [7, 11) is 0. The zero-order chi connectivity index (χ0) is 9.10. The van der Waals surface area contributed by atoms with Crippen molar-refractivity contribution in [2.24, 2.45) is 0 Å². The van der Waals surface area contributed by atoms with Crippen LogP contribution in [0.2, 0.25) is 0 Å². The first-order chi connectivity index (χ1) is 6.42. The van der Waals surface area contributed by atoms with Gasteiger partial charge in [0.15, 0.2) is 11.6 Å². The average Bonchev–Trinajstić information content (AvgIpc) is 2.67. The van der Waals surface area contributed by atoms with Crippen molar-refractivity contribution in [3.8, 4) is 11.6 Å². The van der Waals surface area contributed by atoms with E-state index in [-0.39, 0.29) is 0 Å². The van der Waals surface area contributed by atoms with Gasteiger partial charge in [-0.05, 0) is 6.07 Å². The predicted octanol–water partition coefficient (Wildman–Crippen LogP) is 1.44. The number of imidazole rings is 1. The van der Waals surface area contributed by atoms with Gasteiger partial charge in [0.2, 0.25) is 0 Å². The third kappa shape index (κ3) is 1.33. The molecule has 0 aliphatic rings. The van der Waals surface area contributed by atoms with Gasteiger partial charge < -0.3 is 4.57 Å². The van der Waals surface area contributed by atoms with Crippen molar-refractivity contribution in [3.05, 3.63) is 37.4 Å². The topological polar surface area (TPSA) is 43.6 Å². The summed E-state index contributed by atoms with van der Waals surface area (Å²) in [5.74, 6) is 1.31. The summed E-state index contributed by atoms with van der Waals surface area (Å²) in [6.45, 7) is 3.66. The Kier molecular flexibility index (Phi) is 1.88. The van der Waals surface area contributed by atoms with E-state index in [1.165, 1.54) is 0 Å². The van der Waals surface area contributed by atoms with Crippen LogP contribution in [-0.2, 0) is 0 Å². The normalized spacial score (nSPS) is 9.85. The maximum atomic E-state index is 4.12. The maximum Gasteiger partial charge on any atom is 0.196 e. The second-order valence-electron chi connectivity index (χ2n) is 2.41. The molecule has 0 bridgehead atoms. The monoisotopic (exact) mass is 172 g/mol. The van der Waals surface area contributed by atoms with E-state index in [0.29, 0.717) is 11.6 Å². The highest BCUT2D eigenvalue weighted by atomic mass is 15.1. The smallest absolute Gasteiger partial charge is 0.196 e. The van der Waals surface area contributed by atoms with Gasteiger partial charge in [0.05, 0.1) is 0 Å². The molecule has 0 N–H and O–H groups in total. The van der Waals surface area contributed by atoms with Gasteiger partial charge in [-0.3, -0.25) is 0 Å². The van der Waals surface area contributed by atoms with E-state index in [2.05, 4.69) is 21.5 Å². The molecular formula is C9H8N4. The van der Waals surface area contributed by atoms with Gasteiger partial charge in [-0.25, -0.2) is 15.0 Å². The van der Waals surface area contributed by atoms with Gasteiger partial charge in [0, 0.05) is 31.0 Å². The number of hydrogen-bond acceptors (Lipinski definition) is 3. The van der Waals surface area contributed by atoms with Crippen molar-refractivity contribution in [1.29, 1.82) is 0 Å². The van der Waals surface area contributed by atoms with Crippen molar-refractivity contribution in [2.45, 2.75) is 0 Å². The fourth-order valence-electron chi connectivity index (χ4n) is 1.05. The molecule has 0 fully saturated rings. The molecule has 0 unspecified atom stereocenters. The van der Waals surface area contributed by atoms with Crippen LogP contribution >= 0.6 is 0 Å². The van der Waals surface area contributed by atoms with Crippen LogP contribution in [0.25, 0.3) is 17.8 Å². The summed E-state index contributed by atoms with van der Waals surface area (Å²) >= 11 is 0. The molecule has 0 atom stereocenters. The number of hydrogen-bond donors (Lipinski definition) is 0. The van der Waals surface area contributed by atoms with Crippen LogP contribution in [0.4, 0.5) is 0 Å². The zero-order valence-corrected chi connectivity index (χ0v) is 6.96. The number of aromatic nitrogens is 4. The second kappa shape index (κ2) is 3.18. The molecule has 0 radical (unpaired) electrons. The zero-order valence-electron chi connectivity index (χ0n) is 6.96. The molecule has 2 aromatic heterocycles. The summed E-state index contributed by atoms with van der Waals surface area (Å²) in [6, 6.07) is 1.77. The molecule has 13 heavy (non-hydrogen) atoms. The Bertz CT molecular complexity index is 405. The third-order valence-corrected chi connectivity index (χ3v) is 1.63. The Hall–Kier alpha value is -1.97. The van der Waals surface area contributed by atoms with E-state index < -0.39 is 0 Å². The molecular weight excluding hydrogens is 164 g/mol. The SMILES string of the molecule is C=Cn1ccnc1-c1ncccn1. The highest BCUT2D eigenvalue weighted by Crippen LogP contribution is 2.10. The predicted molar refractivity (Wildman–Crippen MR) is 49.6 cm³/mol. The number of rotatable bonds is 2. The Morgan fingerprint density at radius 3 is 2.62 bits per heavy atom. The molecule has 64 valence electrons. The van der Waals surface area contributed by atoms with Crippen LogP contribution < -0.4 is 0 Å². The summed E-state index contributed by atoms with van der Waals surface area (Å²) in [6.07, 6.45) is 8.53. The van der Waals surface area contributed by atoms with Crippen LogP contribution in [0.3, 0.4) is 0 Å². The molecule has 2 rings (SSSR count). The standard InChI is InChI=1S/C9H8N4/c1-2-13-7-6-12-9(13)8-10-4-3-5-11-8/h2-7H,1H2. The molecule has 0 amide bonds. The first-order valence-corrected chi connectivity index (χ1v) is 3.84. The Balaban J connectivity index is 2.52. The van der Waals surface area contributed by atoms with Crippen LogP contribution in [0, 0.1) is 0 Å². The first kappa shape index (κ1) is 7.67. The van der Waals surface area contributed by atoms with E-state index in [0.717, 1.165) is 0 Å². The highest BCUT2D eigenvalue weighted by molar-refractivity contribution is 5.47. The van der Waals surface area contributed by atoms with Crippen LogP contribution in [0.5, 0.6) is 0 Å². The highest BCUT2D eigenvalue weighted by Gasteiger charge is 2.04. The van der Waals surface area contributed by atoms with Crippen LogP contribution in [0.1, 0.15) is 0 Å². The van der Waals surface area contributed by atoms with Gasteiger partial charge in [-0.2, -0.15) is 0 Å². The Morgan fingerprint density at radius 1 is 1.15 bits per heavy atom. The van der Waals surface area contributed by atoms with Gasteiger partial charge in [0.1, 0.15) is 0 Å². The van der Waals surface area contributed by atoms with Crippen molar-refractivity contribution in [3.63, 3.8) is 0 Å². The minimum absolute atomic E-state index is 0.604. The van der Waals surface area contributed by atoms with Gasteiger partial charge in [-0.1, -0.05) is 6.58 Å².